The van der Waals surface area contributed by atoms with Crippen molar-refractivity contribution < 1.29 is 33.9 Å². The summed E-state index contributed by atoms with van der Waals surface area (Å²) in [5.74, 6) is 0. The highest BCUT2D eigenvalue weighted by atomic mass is 35.5. The lowest BCUT2D eigenvalue weighted by Gasteiger charge is -2.44. The lowest BCUT2D eigenvalue weighted by atomic mass is 9.98. The van der Waals surface area contributed by atoms with Gasteiger partial charge in [-0.3, -0.25) is 0 Å². The fourth-order valence-electron chi connectivity index (χ4n) is 5.07. The molecule has 0 aromatic heterocycles. The molecular weight excluding hydrogens is 610 g/mol. The minimum atomic E-state index is -1.22. The topological polar surface area (TPSA) is 135 Å². The second-order valence-electron chi connectivity index (χ2n) is 10.8. The summed E-state index contributed by atoms with van der Waals surface area (Å²) in [6.45, 7) is 0.947. The molecule has 1 saturated heterocycles. The van der Waals surface area contributed by atoms with Crippen LogP contribution in [0, 0.1) is 0 Å². The first-order chi connectivity index (χ1) is 22.5. The maximum Gasteiger partial charge on any atom is 0.187 e. The smallest absolute Gasteiger partial charge is 0.187 e. The standard InChI is InChI=1S/C35H36ClN3O7/c36-29-17-28(15-16-30(29)38-39-37)22-44-34-32(41)35(45-21-27-13-11-24(18-40)12-14-27)46-31(23-42-19-25-7-3-1-4-8-25)33(34)43-20-26-9-5-2-6-10-26/h1-17,31-35,40-41H,18-23H2/t31-,32-,33-,34-,35-/m1/s1. The van der Waals surface area contributed by atoms with E-state index in [-0.39, 0.29) is 38.1 Å². The van der Waals surface area contributed by atoms with Gasteiger partial charge in [-0.2, -0.15) is 0 Å². The molecule has 0 unspecified atom stereocenters. The number of aliphatic hydroxyl groups excluding tert-OH is 2. The molecule has 0 aliphatic carbocycles. The Hall–Kier alpha value is -3.80. The summed E-state index contributed by atoms with van der Waals surface area (Å²) in [6.07, 6.45) is -4.53. The van der Waals surface area contributed by atoms with Gasteiger partial charge in [-0.1, -0.05) is 114 Å². The number of rotatable bonds is 15. The van der Waals surface area contributed by atoms with Gasteiger partial charge in [-0.25, -0.2) is 0 Å². The fraction of sp³-hybridized carbons (Fsp3) is 0.314. The average Bonchev–Trinajstić information content (AvgIpc) is 3.09. The maximum absolute atomic E-state index is 11.6. The van der Waals surface area contributed by atoms with E-state index in [1.807, 2.05) is 84.9 Å². The van der Waals surface area contributed by atoms with Gasteiger partial charge in [-0.05, 0) is 39.4 Å². The summed E-state index contributed by atoms with van der Waals surface area (Å²) in [7, 11) is 0. The van der Waals surface area contributed by atoms with Crippen molar-refractivity contribution in [2.45, 2.75) is 63.7 Å². The molecule has 0 radical (unpaired) electrons. The van der Waals surface area contributed by atoms with Crippen LogP contribution in [0.5, 0.6) is 0 Å². The largest absolute Gasteiger partial charge is 0.392 e. The van der Waals surface area contributed by atoms with Crippen LogP contribution >= 0.6 is 11.6 Å². The Kier molecular flexibility index (Phi) is 12.6. The van der Waals surface area contributed by atoms with Crippen LogP contribution in [0.4, 0.5) is 5.69 Å². The second kappa shape index (κ2) is 17.2. The predicted octanol–water partition coefficient (Wildman–Crippen LogP) is 6.76. The quantitative estimate of drug-likeness (QED) is 0.0828. The molecular formula is C35H36ClN3O7. The summed E-state index contributed by atoms with van der Waals surface area (Å²) in [4.78, 5) is 2.80. The molecule has 1 aliphatic rings. The Morgan fingerprint density at radius 1 is 0.717 bits per heavy atom. The first kappa shape index (κ1) is 33.6. The molecule has 5 atom stereocenters. The zero-order chi connectivity index (χ0) is 32.1. The van der Waals surface area contributed by atoms with Gasteiger partial charge in [0.25, 0.3) is 0 Å². The average molecular weight is 646 g/mol. The van der Waals surface area contributed by atoms with Gasteiger partial charge in [-0.15, -0.1) is 0 Å². The zero-order valence-electron chi connectivity index (χ0n) is 25.1. The number of azide groups is 1. The monoisotopic (exact) mass is 645 g/mol. The third kappa shape index (κ3) is 9.37. The van der Waals surface area contributed by atoms with Crippen molar-refractivity contribution in [3.63, 3.8) is 0 Å². The first-order valence-corrected chi connectivity index (χ1v) is 15.3. The highest BCUT2D eigenvalue weighted by molar-refractivity contribution is 6.33. The number of ether oxygens (including phenoxy) is 5. The number of aliphatic hydroxyl groups is 2. The lowest BCUT2D eigenvalue weighted by molar-refractivity contribution is -0.321. The van der Waals surface area contributed by atoms with E-state index in [1.165, 1.54) is 0 Å². The Balaban J connectivity index is 1.37. The van der Waals surface area contributed by atoms with Crippen molar-refractivity contribution in [3.8, 4) is 0 Å². The van der Waals surface area contributed by atoms with Crippen molar-refractivity contribution >= 4 is 17.3 Å². The third-order valence-electron chi connectivity index (χ3n) is 7.52. The van der Waals surface area contributed by atoms with Gasteiger partial charge in [0.15, 0.2) is 6.29 Å². The van der Waals surface area contributed by atoms with Gasteiger partial charge in [0.2, 0.25) is 0 Å². The van der Waals surface area contributed by atoms with Gasteiger partial charge in [0.1, 0.15) is 24.4 Å². The third-order valence-corrected chi connectivity index (χ3v) is 7.82. The summed E-state index contributed by atoms with van der Waals surface area (Å²) >= 11 is 6.31. The van der Waals surface area contributed by atoms with Crippen LogP contribution < -0.4 is 0 Å². The van der Waals surface area contributed by atoms with Crippen molar-refractivity contribution in [1.82, 2.24) is 0 Å². The summed E-state index contributed by atoms with van der Waals surface area (Å²) in [5.41, 5.74) is 13.4. The van der Waals surface area contributed by atoms with E-state index in [0.717, 1.165) is 22.3 Å². The molecule has 240 valence electrons. The Labute approximate surface area is 272 Å². The van der Waals surface area contributed by atoms with Gasteiger partial charge in [0, 0.05) is 4.91 Å². The van der Waals surface area contributed by atoms with Crippen molar-refractivity contribution in [2.75, 3.05) is 6.61 Å². The summed E-state index contributed by atoms with van der Waals surface area (Å²) in [6, 6.07) is 31.8. The van der Waals surface area contributed by atoms with E-state index in [1.54, 1.807) is 18.2 Å². The molecule has 5 rings (SSSR count). The molecule has 2 N–H and O–H groups in total. The molecule has 0 amide bonds. The number of halogens is 1. The number of hydrogen-bond acceptors (Lipinski definition) is 8. The lowest BCUT2D eigenvalue weighted by Crippen LogP contribution is -2.61. The first-order valence-electron chi connectivity index (χ1n) is 14.9. The summed E-state index contributed by atoms with van der Waals surface area (Å²) < 4.78 is 31.3. The SMILES string of the molecule is [N-]=[N+]=Nc1ccc(CO[C@@H]2[C@@H](O)[C@H](OCc3ccc(CO)cc3)O[C@H](COCc3ccccc3)[C@H]2OCc2ccccc2)cc1Cl. The van der Waals surface area contributed by atoms with Crippen LogP contribution in [-0.2, 0) is 56.7 Å². The highest BCUT2D eigenvalue weighted by Gasteiger charge is 2.47. The minimum Gasteiger partial charge on any atom is -0.392 e. The van der Waals surface area contributed by atoms with E-state index in [4.69, 9.17) is 40.8 Å². The van der Waals surface area contributed by atoms with Crippen molar-refractivity contribution in [3.05, 3.63) is 146 Å². The van der Waals surface area contributed by atoms with Gasteiger partial charge < -0.3 is 33.9 Å². The molecule has 11 heteroatoms. The molecule has 1 heterocycles. The molecule has 0 spiro atoms. The van der Waals surface area contributed by atoms with E-state index < -0.39 is 30.7 Å². The van der Waals surface area contributed by atoms with Crippen LogP contribution in [0.15, 0.2) is 108 Å². The van der Waals surface area contributed by atoms with Crippen LogP contribution in [0.2, 0.25) is 5.02 Å². The normalized spacial score (nSPS) is 21.1. The van der Waals surface area contributed by atoms with Crippen LogP contribution in [0.1, 0.15) is 27.8 Å². The van der Waals surface area contributed by atoms with E-state index >= 15 is 0 Å². The summed E-state index contributed by atoms with van der Waals surface area (Å²) in [5, 5.41) is 24.9. The molecule has 10 nitrogen and oxygen atoms in total. The molecule has 46 heavy (non-hydrogen) atoms. The number of benzene rings is 4. The predicted molar refractivity (Wildman–Crippen MR) is 172 cm³/mol. The van der Waals surface area contributed by atoms with Crippen LogP contribution in [-0.4, -0.2) is 47.5 Å². The molecule has 4 aromatic rings. The molecule has 1 fully saturated rings. The van der Waals surface area contributed by atoms with Crippen LogP contribution in [0.25, 0.3) is 10.4 Å². The van der Waals surface area contributed by atoms with Crippen molar-refractivity contribution in [1.29, 1.82) is 0 Å². The van der Waals surface area contributed by atoms with Gasteiger partial charge in [0.05, 0.1) is 50.4 Å². The zero-order valence-corrected chi connectivity index (χ0v) is 25.9. The van der Waals surface area contributed by atoms with E-state index in [0.29, 0.717) is 17.9 Å². The number of nitrogens with zero attached hydrogens (tertiary/aromatic N) is 3. The Morgan fingerprint density at radius 2 is 1.28 bits per heavy atom. The molecule has 1 aliphatic heterocycles. The Bertz CT molecular complexity index is 1560. The fourth-order valence-corrected chi connectivity index (χ4v) is 5.31. The van der Waals surface area contributed by atoms with E-state index in [2.05, 4.69) is 10.0 Å². The van der Waals surface area contributed by atoms with Crippen molar-refractivity contribution in [2.24, 2.45) is 5.11 Å². The molecule has 0 saturated carbocycles. The van der Waals surface area contributed by atoms with Gasteiger partial charge >= 0.3 is 0 Å². The minimum absolute atomic E-state index is 0.0564. The Morgan fingerprint density at radius 3 is 1.93 bits per heavy atom. The van der Waals surface area contributed by atoms with E-state index in [9.17, 15) is 10.2 Å². The second-order valence-corrected chi connectivity index (χ2v) is 11.2. The number of hydrogen-bond donors (Lipinski definition) is 2. The highest BCUT2D eigenvalue weighted by Crippen LogP contribution is 2.31. The maximum atomic E-state index is 11.6. The molecule has 4 aromatic carbocycles. The molecule has 0 bridgehead atoms. The van der Waals surface area contributed by atoms with Crippen LogP contribution in [0.3, 0.4) is 0 Å².